The SMILES string of the molecule is CCN1CC[C@H]2[C@H](c3ccc(C)cc3)c3cc(C)ccc3[C@H]2C1.Cl. The van der Waals surface area contributed by atoms with Crippen LogP contribution in [0.15, 0.2) is 42.5 Å². The molecule has 2 aromatic rings. The number of likely N-dealkylation sites (N-methyl/N-ethyl adjacent to an activating group) is 1. The lowest BCUT2D eigenvalue weighted by atomic mass is 9.78. The summed E-state index contributed by atoms with van der Waals surface area (Å²) in [5.41, 5.74) is 7.48. The number of halogens is 1. The van der Waals surface area contributed by atoms with Crippen LogP contribution in [0.4, 0.5) is 0 Å². The third kappa shape index (κ3) is 2.89. The van der Waals surface area contributed by atoms with E-state index in [0.29, 0.717) is 11.8 Å². The predicted octanol–water partition coefficient (Wildman–Crippen LogP) is 5.30. The summed E-state index contributed by atoms with van der Waals surface area (Å²) >= 11 is 0. The number of rotatable bonds is 2. The molecule has 1 aliphatic heterocycles. The van der Waals surface area contributed by atoms with Gasteiger partial charge in [0.2, 0.25) is 0 Å². The van der Waals surface area contributed by atoms with E-state index in [2.05, 4.69) is 68.1 Å². The number of nitrogens with zero attached hydrogens (tertiary/aromatic N) is 1. The summed E-state index contributed by atoms with van der Waals surface area (Å²) in [5.74, 6) is 2.08. The Bertz CT molecular complexity index is 706. The van der Waals surface area contributed by atoms with Crippen LogP contribution in [0.2, 0.25) is 0 Å². The van der Waals surface area contributed by atoms with Crippen LogP contribution in [-0.2, 0) is 0 Å². The highest BCUT2D eigenvalue weighted by molar-refractivity contribution is 5.85. The van der Waals surface area contributed by atoms with Crippen molar-refractivity contribution in [1.82, 2.24) is 4.90 Å². The average Bonchev–Trinajstić information content (AvgIpc) is 2.88. The summed E-state index contributed by atoms with van der Waals surface area (Å²) in [5, 5.41) is 0. The maximum absolute atomic E-state index is 2.63. The summed E-state index contributed by atoms with van der Waals surface area (Å²) in [4.78, 5) is 2.63. The van der Waals surface area contributed by atoms with Gasteiger partial charge >= 0.3 is 0 Å². The van der Waals surface area contributed by atoms with Gasteiger partial charge in [-0.05, 0) is 56.0 Å². The van der Waals surface area contributed by atoms with Crippen molar-refractivity contribution in [3.05, 3.63) is 70.3 Å². The molecule has 0 bridgehead atoms. The van der Waals surface area contributed by atoms with Crippen molar-refractivity contribution >= 4 is 12.4 Å². The quantitative estimate of drug-likeness (QED) is 0.716. The van der Waals surface area contributed by atoms with E-state index in [9.17, 15) is 0 Å². The maximum Gasteiger partial charge on any atom is 0.0127 e. The van der Waals surface area contributed by atoms with Crippen molar-refractivity contribution in [2.75, 3.05) is 19.6 Å². The number of piperidine rings is 1. The van der Waals surface area contributed by atoms with E-state index in [1.165, 1.54) is 42.7 Å². The van der Waals surface area contributed by atoms with Gasteiger partial charge < -0.3 is 4.90 Å². The zero-order chi connectivity index (χ0) is 16.0. The molecular weight excluding hydrogens is 314 g/mol. The van der Waals surface area contributed by atoms with Crippen molar-refractivity contribution in [2.24, 2.45) is 5.92 Å². The Morgan fingerprint density at radius 2 is 1.67 bits per heavy atom. The van der Waals surface area contributed by atoms with Crippen LogP contribution in [0.3, 0.4) is 0 Å². The molecule has 0 radical (unpaired) electrons. The largest absolute Gasteiger partial charge is 0.303 e. The van der Waals surface area contributed by atoms with E-state index in [0.717, 1.165) is 5.92 Å². The summed E-state index contributed by atoms with van der Waals surface area (Å²) < 4.78 is 0. The number of hydrogen-bond acceptors (Lipinski definition) is 1. The Morgan fingerprint density at radius 3 is 2.38 bits per heavy atom. The van der Waals surface area contributed by atoms with Gasteiger partial charge in [-0.3, -0.25) is 0 Å². The van der Waals surface area contributed by atoms with E-state index in [1.54, 1.807) is 11.1 Å². The molecule has 0 aromatic heterocycles. The molecule has 1 aliphatic carbocycles. The molecule has 0 amide bonds. The number of fused-ring (bicyclic) bond motifs is 3. The van der Waals surface area contributed by atoms with Gasteiger partial charge in [-0.25, -0.2) is 0 Å². The van der Waals surface area contributed by atoms with Gasteiger partial charge in [-0.15, -0.1) is 12.4 Å². The Labute approximate surface area is 152 Å². The smallest absolute Gasteiger partial charge is 0.0127 e. The highest BCUT2D eigenvalue weighted by atomic mass is 35.5. The lowest BCUT2D eigenvalue weighted by Gasteiger charge is -2.37. The number of aryl methyl sites for hydroxylation is 2. The topological polar surface area (TPSA) is 3.24 Å². The molecule has 2 aromatic carbocycles. The highest BCUT2D eigenvalue weighted by Gasteiger charge is 2.43. The van der Waals surface area contributed by atoms with E-state index < -0.39 is 0 Å². The van der Waals surface area contributed by atoms with Gasteiger partial charge in [-0.1, -0.05) is 60.5 Å². The second-order valence-electron chi connectivity index (χ2n) is 7.47. The van der Waals surface area contributed by atoms with E-state index in [4.69, 9.17) is 0 Å². The molecule has 3 atom stereocenters. The molecule has 0 unspecified atom stereocenters. The first kappa shape index (κ1) is 17.5. The van der Waals surface area contributed by atoms with E-state index >= 15 is 0 Å². The summed E-state index contributed by atoms with van der Waals surface area (Å²) in [6, 6.07) is 16.4. The number of hydrogen-bond donors (Lipinski definition) is 0. The predicted molar refractivity (Wildman–Crippen MR) is 104 cm³/mol. The van der Waals surface area contributed by atoms with Crippen molar-refractivity contribution in [2.45, 2.75) is 39.0 Å². The van der Waals surface area contributed by atoms with Gasteiger partial charge in [0, 0.05) is 18.4 Å². The molecule has 4 rings (SSSR count). The van der Waals surface area contributed by atoms with E-state index in [1.807, 2.05) is 0 Å². The third-order valence-electron chi connectivity index (χ3n) is 6.04. The van der Waals surface area contributed by atoms with Crippen LogP contribution in [-0.4, -0.2) is 24.5 Å². The Hall–Kier alpha value is -1.31. The second-order valence-corrected chi connectivity index (χ2v) is 7.47. The fourth-order valence-electron chi connectivity index (χ4n) is 4.79. The Morgan fingerprint density at radius 1 is 0.958 bits per heavy atom. The molecule has 1 saturated heterocycles. The third-order valence-corrected chi connectivity index (χ3v) is 6.04. The van der Waals surface area contributed by atoms with Gasteiger partial charge in [0.15, 0.2) is 0 Å². The Kier molecular flexibility index (Phi) is 5.03. The first-order chi connectivity index (χ1) is 11.2. The molecule has 0 spiro atoms. The van der Waals surface area contributed by atoms with Crippen molar-refractivity contribution in [1.29, 1.82) is 0 Å². The lowest BCUT2D eigenvalue weighted by molar-refractivity contribution is 0.167. The molecule has 1 fully saturated rings. The monoisotopic (exact) mass is 341 g/mol. The van der Waals surface area contributed by atoms with Crippen LogP contribution in [0.25, 0.3) is 0 Å². The zero-order valence-corrected chi connectivity index (χ0v) is 15.8. The molecule has 1 nitrogen and oxygen atoms in total. The fraction of sp³-hybridized carbons (Fsp3) is 0.455. The van der Waals surface area contributed by atoms with Crippen LogP contribution < -0.4 is 0 Å². The molecule has 1 heterocycles. The van der Waals surface area contributed by atoms with Gasteiger partial charge in [0.25, 0.3) is 0 Å². The standard InChI is InChI=1S/C22H27N.ClH/c1-4-23-12-11-19-21(14-23)18-10-7-16(3)13-20(18)22(19)17-8-5-15(2)6-9-17;/h5-10,13,19,21-22H,4,11-12,14H2,1-3H3;1H/t19-,21-,22+;/m1./s1. The molecule has 2 heteroatoms. The average molecular weight is 342 g/mol. The van der Waals surface area contributed by atoms with E-state index in [-0.39, 0.29) is 12.4 Å². The number of likely N-dealkylation sites (tertiary alicyclic amines) is 1. The molecular formula is C22H28ClN. The van der Waals surface area contributed by atoms with Crippen LogP contribution in [0, 0.1) is 19.8 Å². The molecule has 128 valence electrons. The maximum atomic E-state index is 2.63. The van der Waals surface area contributed by atoms with Crippen molar-refractivity contribution < 1.29 is 0 Å². The summed E-state index contributed by atoms with van der Waals surface area (Å²) in [6.45, 7) is 10.4. The molecule has 0 saturated carbocycles. The minimum atomic E-state index is 0. The minimum Gasteiger partial charge on any atom is -0.303 e. The molecule has 24 heavy (non-hydrogen) atoms. The van der Waals surface area contributed by atoms with Gasteiger partial charge in [0.1, 0.15) is 0 Å². The normalized spacial score (nSPS) is 25.7. The highest BCUT2D eigenvalue weighted by Crippen LogP contribution is 2.53. The van der Waals surface area contributed by atoms with Crippen molar-refractivity contribution in [3.8, 4) is 0 Å². The minimum absolute atomic E-state index is 0. The van der Waals surface area contributed by atoms with Crippen molar-refractivity contribution in [3.63, 3.8) is 0 Å². The van der Waals surface area contributed by atoms with Crippen LogP contribution in [0.1, 0.15) is 53.0 Å². The second kappa shape index (κ2) is 6.90. The van der Waals surface area contributed by atoms with Crippen LogP contribution in [0.5, 0.6) is 0 Å². The summed E-state index contributed by atoms with van der Waals surface area (Å²) in [7, 11) is 0. The zero-order valence-electron chi connectivity index (χ0n) is 15.0. The fourth-order valence-corrected chi connectivity index (χ4v) is 4.79. The molecule has 0 N–H and O–H groups in total. The first-order valence-electron chi connectivity index (χ1n) is 9.06. The lowest BCUT2D eigenvalue weighted by Crippen LogP contribution is -2.38. The summed E-state index contributed by atoms with van der Waals surface area (Å²) in [6.07, 6.45) is 1.32. The van der Waals surface area contributed by atoms with Gasteiger partial charge in [-0.2, -0.15) is 0 Å². The Balaban J connectivity index is 0.00000169. The molecule has 2 aliphatic rings. The number of benzene rings is 2. The van der Waals surface area contributed by atoms with Crippen LogP contribution >= 0.6 is 12.4 Å². The van der Waals surface area contributed by atoms with Gasteiger partial charge in [0.05, 0.1) is 0 Å². The first-order valence-corrected chi connectivity index (χ1v) is 9.06.